The van der Waals surface area contributed by atoms with Crippen molar-refractivity contribution in [2.75, 3.05) is 0 Å². The van der Waals surface area contributed by atoms with Crippen LogP contribution in [0.4, 0.5) is 17.6 Å². The summed E-state index contributed by atoms with van der Waals surface area (Å²) in [5, 5.41) is 0. The molecule has 0 bridgehead atoms. The van der Waals surface area contributed by atoms with Gasteiger partial charge in [-0.25, -0.2) is 17.6 Å². The molecule has 0 heterocycles. The molecular formula is C12H16F4. The Morgan fingerprint density at radius 2 is 1.88 bits per heavy atom. The molecule has 4 heteroatoms. The molecule has 2 atom stereocenters. The summed E-state index contributed by atoms with van der Waals surface area (Å²) in [6, 6.07) is 0. The zero-order chi connectivity index (χ0) is 12.2. The number of rotatable bonds is 5. The summed E-state index contributed by atoms with van der Waals surface area (Å²) in [5.74, 6) is -2.61. The number of alkyl halides is 2. The van der Waals surface area contributed by atoms with Crippen LogP contribution in [0.5, 0.6) is 0 Å². The van der Waals surface area contributed by atoms with Crippen molar-refractivity contribution < 1.29 is 17.6 Å². The average Bonchev–Trinajstić information content (AvgIpc) is 2.22. The van der Waals surface area contributed by atoms with Gasteiger partial charge in [-0.05, 0) is 25.0 Å². The SMILES string of the molecule is CCCCCCC1(F)C=C(F)C(F)=CC1F. The van der Waals surface area contributed by atoms with Gasteiger partial charge in [0.25, 0.3) is 0 Å². The maximum Gasteiger partial charge on any atom is 0.167 e. The zero-order valence-corrected chi connectivity index (χ0v) is 9.28. The molecule has 0 spiro atoms. The lowest BCUT2D eigenvalue weighted by atomic mass is 9.89. The molecule has 0 amide bonds. The topological polar surface area (TPSA) is 0 Å². The van der Waals surface area contributed by atoms with Gasteiger partial charge >= 0.3 is 0 Å². The summed E-state index contributed by atoms with van der Waals surface area (Å²) in [6.07, 6.45) is 1.77. The van der Waals surface area contributed by atoms with Gasteiger partial charge < -0.3 is 0 Å². The van der Waals surface area contributed by atoms with E-state index in [9.17, 15) is 17.6 Å². The minimum absolute atomic E-state index is 0.106. The smallest absolute Gasteiger partial charge is 0.167 e. The first kappa shape index (κ1) is 13.3. The van der Waals surface area contributed by atoms with Gasteiger partial charge in [0.2, 0.25) is 0 Å². The van der Waals surface area contributed by atoms with Crippen molar-refractivity contribution in [2.24, 2.45) is 0 Å². The summed E-state index contributed by atoms with van der Waals surface area (Å²) in [4.78, 5) is 0. The molecule has 2 unspecified atom stereocenters. The second kappa shape index (κ2) is 5.51. The molecule has 16 heavy (non-hydrogen) atoms. The van der Waals surface area contributed by atoms with Crippen LogP contribution in [0.2, 0.25) is 0 Å². The van der Waals surface area contributed by atoms with Gasteiger partial charge in [0.1, 0.15) is 0 Å². The summed E-state index contributed by atoms with van der Waals surface area (Å²) in [5.41, 5.74) is -2.38. The predicted molar refractivity (Wildman–Crippen MR) is 55.9 cm³/mol. The number of hydrogen-bond donors (Lipinski definition) is 0. The van der Waals surface area contributed by atoms with Crippen LogP contribution in [0.1, 0.15) is 39.0 Å². The number of allylic oxidation sites excluding steroid dienone is 4. The molecule has 0 aromatic carbocycles. The Balaban J connectivity index is 2.57. The van der Waals surface area contributed by atoms with Crippen LogP contribution in [-0.2, 0) is 0 Å². The van der Waals surface area contributed by atoms with E-state index in [1.54, 1.807) is 0 Å². The highest BCUT2D eigenvalue weighted by molar-refractivity contribution is 5.31. The fourth-order valence-corrected chi connectivity index (χ4v) is 1.74. The van der Waals surface area contributed by atoms with Crippen molar-refractivity contribution in [3.05, 3.63) is 23.8 Å². The molecule has 0 nitrogen and oxygen atoms in total. The minimum Gasteiger partial charge on any atom is -0.239 e. The molecule has 0 fully saturated rings. The van der Waals surface area contributed by atoms with Crippen molar-refractivity contribution in [1.82, 2.24) is 0 Å². The van der Waals surface area contributed by atoms with Gasteiger partial charge in [0, 0.05) is 0 Å². The monoisotopic (exact) mass is 236 g/mol. The van der Waals surface area contributed by atoms with Gasteiger partial charge in [0.15, 0.2) is 23.5 Å². The molecule has 0 aromatic heterocycles. The molecule has 0 saturated carbocycles. The quantitative estimate of drug-likeness (QED) is 0.478. The number of unbranched alkanes of at least 4 members (excludes halogenated alkanes) is 3. The fraction of sp³-hybridized carbons (Fsp3) is 0.667. The van der Waals surface area contributed by atoms with Crippen LogP contribution >= 0.6 is 0 Å². The van der Waals surface area contributed by atoms with Crippen LogP contribution < -0.4 is 0 Å². The van der Waals surface area contributed by atoms with Crippen molar-refractivity contribution in [3.8, 4) is 0 Å². The van der Waals surface area contributed by atoms with Gasteiger partial charge in [-0.2, -0.15) is 0 Å². The van der Waals surface area contributed by atoms with Crippen LogP contribution in [0.15, 0.2) is 23.8 Å². The minimum atomic E-state index is -2.38. The van der Waals surface area contributed by atoms with E-state index < -0.39 is 23.5 Å². The Labute approximate surface area is 93.0 Å². The molecule has 1 aliphatic carbocycles. The molecule has 0 radical (unpaired) electrons. The third-order valence-corrected chi connectivity index (χ3v) is 2.76. The number of halogens is 4. The third-order valence-electron chi connectivity index (χ3n) is 2.76. The van der Waals surface area contributed by atoms with E-state index in [4.69, 9.17) is 0 Å². The van der Waals surface area contributed by atoms with E-state index in [2.05, 4.69) is 0 Å². The van der Waals surface area contributed by atoms with Crippen LogP contribution in [0.3, 0.4) is 0 Å². The summed E-state index contributed by atoms with van der Waals surface area (Å²) in [7, 11) is 0. The second-order valence-corrected chi connectivity index (χ2v) is 4.15. The summed E-state index contributed by atoms with van der Waals surface area (Å²) < 4.78 is 52.6. The molecule has 0 saturated heterocycles. The molecule has 0 aromatic rings. The van der Waals surface area contributed by atoms with E-state index in [0.717, 1.165) is 19.3 Å². The van der Waals surface area contributed by atoms with E-state index in [-0.39, 0.29) is 6.42 Å². The van der Waals surface area contributed by atoms with Gasteiger partial charge in [-0.1, -0.05) is 26.2 Å². The molecular weight excluding hydrogens is 220 g/mol. The van der Waals surface area contributed by atoms with E-state index in [1.807, 2.05) is 6.92 Å². The molecule has 0 N–H and O–H groups in total. The van der Waals surface area contributed by atoms with Crippen molar-refractivity contribution >= 4 is 0 Å². The molecule has 92 valence electrons. The first-order valence-electron chi connectivity index (χ1n) is 5.58. The number of hydrogen-bond acceptors (Lipinski definition) is 0. The standard InChI is InChI=1S/C12H16F4/c1-2-3-4-5-6-12(16)8-10(14)9(13)7-11(12)15/h7-8,11H,2-6H2,1H3. The lowest BCUT2D eigenvalue weighted by Crippen LogP contribution is -2.34. The van der Waals surface area contributed by atoms with Crippen molar-refractivity contribution in [2.45, 2.75) is 50.9 Å². The molecule has 0 aliphatic heterocycles. The third kappa shape index (κ3) is 3.09. The predicted octanol–water partition coefficient (Wildman–Crippen LogP) is 4.72. The van der Waals surface area contributed by atoms with E-state index in [1.165, 1.54) is 0 Å². The summed E-state index contributed by atoms with van der Waals surface area (Å²) >= 11 is 0. The lowest BCUT2D eigenvalue weighted by Gasteiger charge is -2.26. The van der Waals surface area contributed by atoms with Gasteiger partial charge in [-0.15, -0.1) is 0 Å². The summed E-state index contributed by atoms with van der Waals surface area (Å²) in [6.45, 7) is 2.00. The molecule has 1 aliphatic rings. The largest absolute Gasteiger partial charge is 0.239 e. The first-order valence-corrected chi connectivity index (χ1v) is 5.58. The van der Waals surface area contributed by atoms with Crippen LogP contribution in [-0.4, -0.2) is 11.8 Å². The maximum absolute atomic E-state index is 13.9. The Morgan fingerprint density at radius 3 is 2.50 bits per heavy atom. The second-order valence-electron chi connectivity index (χ2n) is 4.15. The van der Waals surface area contributed by atoms with Gasteiger partial charge in [0.05, 0.1) is 0 Å². The van der Waals surface area contributed by atoms with Crippen molar-refractivity contribution in [1.29, 1.82) is 0 Å². The Hall–Kier alpha value is -0.800. The Morgan fingerprint density at radius 1 is 1.19 bits per heavy atom. The average molecular weight is 236 g/mol. The van der Waals surface area contributed by atoms with E-state index in [0.29, 0.717) is 18.6 Å². The van der Waals surface area contributed by atoms with Gasteiger partial charge in [-0.3, -0.25) is 0 Å². The molecule has 1 rings (SSSR count). The lowest BCUT2D eigenvalue weighted by molar-refractivity contribution is 0.105. The van der Waals surface area contributed by atoms with Crippen LogP contribution in [0, 0.1) is 0 Å². The first-order chi connectivity index (χ1) is 7.49. The highest BCUT2D eigenvalue weighted by Crippen LogP contribution is 2.36. The highest BCUT2D eigenvalue weighted by Gasteiger charge is 2.40. The Kier molecular flexibility index (Phi) is 4.56. The van der Waals surface area contributed by atoms with Crippen molar-refractivity contribution in [3.63, 3.8) is 0 Å². The fourth-order valence-electron chi connectivity index (χ4n) is 1.74. The zero-order valence-electron chi connectivity index (χ0n) is 9.28. The van der Waals surface area contributed by atoms with Crippen LogP contribution in [0.25, 0.3) is 0 Å². The van der Waals surface area contributed by atoms with E-state index >= 15 is 0 Å². The Bertz CT molecular complexity index is 295. The highest BCUT2D eigenvalue weighted by atomic mass is 19.2. The maximum atomic E-state index is 13.9. The normalized spacial score (nSPS) is 29.9.